The van der Waals surface area contributed by atoms with Crippen LogP contribution in [0.2, 0.25) is 5.02 Å². The zero-order valence-electron chi connectivity index (χ0n) is 27.7. The number of hydrogen-bond donors (Lipinski definition) is 1. The van der Waals surface area contributed by atoms with Crippen LogP contribution in [0.25, 0.3) is 4.85 Å². The molecule has 0 radical (unpaired) electrons. The lowest BCUT2D eigenvalue weighted by atomic mass is 9.72. The summed E-state index contributed by atoms with van der Waals surface area (Å²) < 4.78 is 11.6. The summed E-state index contributed by atoms with van der Waals surface area (Å²) in [6, 6.07) is 5.77. The maximum absolute atomic E-state index is 12.9. The van der Waals surface area contributed by atoms with Gasteiger partial charge in [-0.15, -0.1) is 0 Å². The normalized spacial score (nSPS) is 23.5. The van der Waals surface area contributed by atoms with E-state index in [4.69, 9.17) is 27.6 Å². The molecule has 252 valence electrons. The van der Waals surface area contributed by atoms with E-state index in [1.807, 2.05) is 25.7 Å². The van der Waals surface area contributed by atoms with Gasteiger partial charge >= 0.3 is 6.09 Å². The van der Waals surface area contributed by atoms with Crippen LogP contribution in [-0.4, -0.2) is 94.8 Å². The van der Waals surface area contributed by atoms with Gasteiger partial charge < -0.3 is 29.5 Å². The fraction of sp³-hybridized carbons (Fsp3) is 0.629. The highest BCUT2D eigenvalue weighted by Gasteiger charge is 2.48. The number of amides is 2. The highest BCUT2D eigenvalue weighted by molar-refractivity contribution is 6.33. The second-order valence-electron chi connectivity index (χ2n) is 14.6. The Morgan fingerprint density at radius 2 is 1.70 bits per heavy atom. The van der Waals surface area contributed by atoms with Crippen molar-refractivity contribution in [2.75, 3.05) is 44.2 Å². The fourth-order valence-electron chi connectivity index (χ4n) is 7.39. The van der Waals surface area contributed by atoms with Crippen molar-refractivity contribution in [2.24, 2.45) is 5.41 Å². The molecule has 1 N–H and O–H groups in total. The highest BCUT2D eigenvalue weighted by atomic mass is 35.5. The van der Waals surface area contributed by atoms with Gasteiger partial charge in [0, 0.05) is 43.7 Å². The molecule has 4 fully saturated rings. The number of likely N-dealkylation sites (tertiary alicyclic amines) is 2. The fourth-order valence-corrected chi connectivity index (χ4v) is 7.60. The lowest BCUT2D eigenvalue weighted by Gasteiger charge is -2.55. The Hall–Kier alpha value is -3.62. The van der Waals surface area contributed by atoms with E-state index >= 15 is 0 Å². The summed E-state index contributed by atoms with van der Waals surface area (Å²) in [6.45, 7) is 18.5. The molecule has 1 spiro atoms. The number of ether oxygens (including phenoxy) is 2. The van der Waals surface area contributed by atoms with Crippen molar-refractivity contribution in [1.82, 2.24) is 25.1 Å². The number of hydrogen-bond acceptors (Lipinski definition) is 8. The lowest BCUT2D eigenvalue weighted by molar-refractivity contribution is -0.0649. The van der Waals surface area contributed by atoms with E-state index < -0.39 is 5.60 Å². The number of carbonyl (C=O) groups is 2. The molecule has 0 bridgehead atoms. The van der Waals surface area contributed by atoms with Gasteiger partial charge in [0.2, 0.25) is 5.69 Å². The Balaban J connectivity index is 0.895. The number of carbonyl (C=O) groups excluding carboxylic acids is 2. The molecule has 4 heterocycles. The summed E-state index contributed by atoms with van der Waals surface area (Å²) in [7, 11) is 0. The van der Waals surface area contributed by atoms with Crippen molar-refractivity contribution in [2.45, 2.75) is 95.9 Å². The second-order valence-corrected chi connectivity index (χ2v) is 15.0. The molecule has 11 nitrogen and oxygen atoms in total. The summed E-state index contributed by atoms with van der Waals surface area (Å²) >= 11 is 6.14. The van der Waals surface area contributed by atoms with Gasteiger partial charge in [0.25, 0.3) is 5.91 Å². The third kappa shape index (κ3) is 8.10. The minimum atomic E-state index is -0.454. The summed E-state index contributed by atoms with van der Waals surface area (Å²) in [5.41, 5.74) is 0.553. The van der Waals surface area contributed by atoms with Crippen molar-refractivity contribution in [3.8, 4) is 5.75 Å². The van der Waals surface area contributed by atoms with Crippen LogP contribution < -0.4 is 15.0 Å². The molecule has 2 aromatic rings. The van der Waals surface area contributed by atoms with Crippen LogP contribution in [0.4, 0.5) is 16.3 Å². The minimum Gasteiger partial charge on any atom is -0.490 e. The number of nitrogens with zero attached hydrogens (tertiary/aromatic N) is 6. The van der Waals surface area contributed by atoms with Gasteiger partial charge in [-0.25, -0.2) is 19.6 Å². The molecule has 1 aromatic carbocycles. The van der Waals surface area contributed by atoms with Crippen LogP contribution in [0.3, 0.4) is 0 Å². The first-order chi connectivity index (χ1) is 22.5. The maximum Gasteiger partial charge on any atom is 0.410 e. The second kappa shape index (κ2) is 13.9. The average molecular weight is 664 g/mol. The van der Waals surface area contributed by atoms with E-state index in [0.717, 1.165) is 96.5 Å². The number of benzene rings is 1. The van der Waals surface area contributed by atoms with Crippen LogP contribution >= 0.6 is 11.6 Å². The van der Waals surface area contributed by atoms with Gasteiger partial charge in [0.15, 0.2) is 0 Å². The van der Waals surface area contributed by atoms with Gasteiger partial charge in [-0.3, -0.25) is 4.79 Å². The number of piperidine rings is 2. The van der Waals surface area contributed by atoms with E-state index in [0.29, 0.717) is 28.2 Å². The van der Waals surface area contributed by atoms with Gasteiger partial charge in [-0.1, -0.05) is 17.7 Å². The van der Waals surface area contributed by atoms with Crippen LogP contribution in [0, 0.1) is 12.0 Å². The van der Waals surface area contributed by atoms with Crippen molar-refractivity contribution in [3.05, 3.63) is 52.7 Å². The monoisotopic (exact) mass is 663 g/mol. The van der Waals surface area contributed by atoms with Gasteiger partial charge in [-0.05, 0) is 97.4 Å². The summed E-state index contributed by atoms with van der Waals surface area (Å²) in [5.74, 6) is 1.28. The van der Waals surface area contributed by atoms with E-state index in [1.165, 1.54) is 0 Å². The van der Waals surface area contributed by atoms with E-state index in [2.05, 4.69) is 29.9 Å². The zero-order chi connectivity index (χ0) is 33.2. The maximum atomic E-state index is 12.9. The standard InChI is InChI=1S/C35H46ClN7O4/c1-34(2,3)47-33(45)43-22-35(23-43)13-17-41(18-14-35)25-11-15-42(16-12-25)31-21-38-30(20-39-31)32(44)40-24-5-7-26(8-6-24)46-27-9-10-29(37-4)28(36)19-27/h9-10,19-21,24-26H,5-8,11-18,22-23H2,1-3H3,(H,40,44). The third-order valence-corrected chi connectivity index (χ3v) is 10.4. The van der Waals surface area contributed by atoms with Crippen molar-refractivity contribution >= 4 is 35.1 Å². The predicted octanol–water partition coefficient (Wildman–Crippen LogP) is 6.10. The summed E-state index contributed by atoms with van der Waals surface area (Å²) in [5, 5.41) is 3.51. The number of halogens is 1. The largest absolute Gasteiger partial charge is 0.490 e. The third-order valence-electron chi connectivity index (χ3n) is 10.1. The highest BCUT2D eigenvalue weighted by Crippen LogP contribution is 2.42. The van der Waals surface area contributed by atoms with Crippen LogP contribution in [0.15, 0.2) is 30.6 Å². The molecule has 0 unspecified atom stereocenters. The minimum absolute atomic E-state index is 0.0484. The Bertz CT molecular complexity index is 1460. The number of nitrogens with one attached hydrogen (secondary N) is 1. The quantitative estimate of drug-likeness (QED) is 0.370. The molecule has 3 saturated heterocycles. The molecule has 0 atom stereocenters. The molecule has 6 rings (SSSR count). The zero-order valence-corrected chi connectivity index (χ0v) is 28.5. The molecule has 47 heavy (non-hydrogen) atoms. The predicted molar refractivity (Wildman–Crippen MR) is 180 cm³/mol. The van der Waals surface area contributed by atoms with Crippen molar-refractivity contribution < 1.29 is 19.1 Å². The van der Waals surface area contributed by atoms with Gasteiger partial charge in [0.1, 0.15) is 22.9 Å². The molecule has 1 saturated carbocycles. The Kier molecular flexibility index (Phi) is 9.81. The first kappa shape index (κ1) is 33.3. The van der Waals surface area contributed by atoms with Crippen LogP contribution in [0.1, 0.15) is 82.6 Å². The first-order valence-electron chi connectivity index (χ1n) is 16.9. The van der Waals surface area contributed by atoms with Crippen molar-refractivity contribution in [3.63, 3.8) is 0 Å². The average Bonchev–Trinajstić information content (AvgIpc) is 3.04. The Morgan fingerprint density at radius 3 is 2.30 bits per heavy atom. The molecule has 12 heteroatoms. The van der Waals surface area contributed by atoms with Crippen LogP contribution in [0.5, 0.6) is 5.75 Å². The Morgan fingerprint density at radius 1 is 1.00 bits per heavy atom. The van der Waals surface area contributed by atoms with Gasteiger partial charge in [-0.2, -0.15) is 0 Å². The van der Waals surface area contributed by atoms with Crippen molar-refractivity contribution in [1.29, 1.82) is 0 Å². The smallest absolute Gasteiger partial charge is 0.410 e. The molecule has 4 aliphatic rings. The van der Waals surface area contributed by atoms with E-state index in [-0.39, 0.29) is 29.6 Å². The molecule has 3 aliphatic heterocycles. The first-order valence-corrected chi connectivity index (χ1v) is 17.3. The SMILES string of the molecule is [C-]#[N+]c1ccc(OC2CCC(NC(=O)c3cnc(N4CCC(N5CCC6(CC5)CN(C(=O)OC(C)(C)C)C6)CC4)cn3)CC2)cc1Cl. The van der Waals surface area contributed by atoms with Crippen LogP contribution in [-0.2, 0) is 4.74 Å². The van der Waals surface area contributed by atoms with E-state index in [9.17, 15) is 9.59 Å². The topological polar surface area (TPSA) is 104 Å². The van der Waals surface area contributed by atoms with Gasteiger partial charge in [0.05, 0.1) is 30.1 Å². The number of anilines is 1. The summed E-state index contributed by atoms with van der Waals surface area (Å²) in [4.78, 5) is 44.6. The molecule has 1 aromatic heterocycles. The van der Waals surface area contributed by atoms with E-state index in [1.54, 1.807) is 30.6 Å². The Labute approximate surface area is 282 Å². The molecular weight excluding hydrogens is 618 g/mol. The molecular formula is C35H46ClN7O4. The number of aromatic nitrogens is 2. The number of rotatable bonds is 6. The molecule has 1 aliphatic carbocycles. The summed E-state index contributed by atoms with van der Waals surface area (Å²) in [6.07, 6.45) is 10.8. The molecule has 2 amide bonds. The lowest BCUT2D eigenvalue weighted by Crippen LogP contribution is -2.63.